The van der Waals surface area contributed by atoms with Crippen LogP contribution in [0.5, 0.6) is 5.75 Å². The molecule has 0 bridgehead atoms. The molecule has 1 fully saturated rings. The second kappa shape index (κ2) is 5.67. The summed E-state index contributed by atoms with van der Waals surface area (Å²) in [5.74, 6) is 1.42. The van der Waals surface area contributed by atoms with Crippen LogP contribution in [0.1, 0.15) is 34.1 Å². The van der Waals surface area contributed by atoms with E-state index in [4.69, 9.17) is 4.74 Å². The zero-order chi connectivity index (χ0) is 13.9. The normalized spacial score (nSPS) is 15.7. The lowest BCUT2D eigenvalue weighted by Gasteiger charge is -2.18. The van der Waals surface area contributed by atoms with Crippen molar-refractivity contribution in [3.63, 3.8) is 0 Å². The number of carbonyl (C=O) groups excluding carboxylic acids is 1. The van der Waals surface area contributed by atoms with Gasteiger partial charge in [0, 0.05) is 0 Å². The van der Waals surface area contributed by atoms with Gasteiger partial charge < -0.3 is 10.1 Å². The Hall–Kier alpha value is -1.81. The molecule has 3 rings (SSSR count). The Balaban J connectivity index is 1.76. The van der Waals surface area contributed by atoms with Crippen molar-refractivity contribution in [3.8, 4) is 5.75 Å². The van der Waals surface area contributed by atoms with Crippen molar-refractivity contribution >= 4 is 17.2 Å². The number of nitrogens with one attached hydrogen (secondary N) is 1. The molecule has 3 nitrogen and oxygen atoms in total. The van der Waals surface area contributed by atoms with E-state index < -0.39 is 0 Å². The SMILES string of the molecule is COc1ccc(C(NC(=O)c2cccs2)C2CC2)cc1. The van der Waals surface area contributed by atoms with Crippen molar-refractivity contribution in [1.29, 1.82) is 0 Å². The van der Waals surface area contributed by atoms with Crippen molar-refractivity contribution in [1.82, 2.24) is 5.32 Å². The van der Waals surface area contributed by atoms with Gasteiger partial charge in [-0.2, -0.15) is 0 Å². The third-order valence-electron chi connectivity index (χ3n) is 3.60. The average Bonchev–Trinajstić information content (AvgIpc) is 3.17. The average molecular weight is 287 g/mol. The second-order valence-corrected chi connectivity index (χ2v) is 5.99. The quantitative estimate of drug-likeness (QED) is 0.911. The monoisotopic (exact) mass is 287 g/mol. The van der Waals surface area contributed by atoms with Crippen molar-refractivity contribution in [2.45, 2.75) is 18.9 Å². The minimum absolute atomic E-state index is 0.0210. The maximum Gasteiger partial charge on any atom is 0.261 e. The molecule has 1 aromatic carbocycles. The summed E-state index contributed by atoms with van der Waals surface area (Å²) in [6, 6.07) is 11.8. The van der Waals surface area contributed by atoms with Gasteiger partial charge in [0.2, 0.25) is 0 Å². The van der Waals surface area contributed by atoms with Gasteiger partial charge in [0.05, 0.1) is 18.0 Å². The maximum absolute atomic E-state index is 12.2. The molecule has 0 aliphatic heterocycles. The second-order valence-electron chi connectivity index (χ2n) is 5.04. The van der Waals surface area contributed by atoms with Crippen LogP contribution in [0.4, 0.5) is 0 Å². The summed E-state index contributed by atoms with van der Waals surface area (Å²) in [5.41, 5.74) is 1.15. The third-order valence-corrected chi connectivity index (χ3v) is 4.47. The lowest BCUT2D eigenvalue weighted by Crippen LogP contribution is -2.29. The summed E-state index contributed by atoms with van der Waals surface area (Å²) >= 11 is 1.47. The highest BCUT2D eigenvalue weighted by atomic mass is 32.1. The molecule has 1 atom stereocenters. The van der Waals surface area contributed by atoms with Crippen LogP contribution in [0.25, 0.3) is 0 Å². The topological polar surface area (TPSA) is 38.3 Å². The Morgan fingerprint density at radius 3 is 2.60 bits per heavy atom. The highest BCUT2D eigenvalue weighted by molar-refractivity contribution is 7.12. The highest BCUT2D eigenvalue weighted by Crippen LogP contribution is 2.41. The van der Waals surface area contributed by atoms with Crippen LogP contribution in [-0.2, 0) is 0 Å². The molecule has 1 amide bonds. The lowest BCUT2D eigenvalue weighted by molar-refractivity contribution is 0.0936. The fraction of sp³-hybridized carbons (Fsp3) is 0.312. The molecule has 1 heterocycles. The van der Waals surface area contributed by atoms with Crippen LogP contribution >= 0.6 is 11.3 Å². The molecule has 1 aromatic heterocycles. The fourth-order valence-electron chi connectivity index (χ4n) is 2.33. The number of methoxy groups -OCH3 is 1. The number of carbonyl (C=O) groups is 1. The van der Waals surface area contributed by atoms with Crippen LogP contribution < -0.4 is 10.1 Å². The van der Waals surface area contributed by atoms with Crippen molar-refractivity contribution in [2.24, 2.45) is 5.92 Å². The van der Waals surface area contributed by atoms with Crippen LogP contribution in [0.3, 0.4) is 0 Å². The van der Waals surface area contributed by atoms with E-state index in [2.05, 4.69) is 5.32 Å². The van der Waals surface area contributed by atoms with E-state index in [9.17, 15) is 4.79 Å². The van der Waals surface area contributed by atoms with Gasteiger partial charge in [-0.25, -0.2) is 0 Å². The Labute approximate surface area is 122 Å². The highest BCUT2D eigenvalue weighted by Gasteiger charge is 2.33. The first kappa shape index (κ1) is 13.2. The molecule has 1 aliphatic carbocycles. The van der Waals surface area contributed by atoms with E-state index in [1.807, 2.05) is 41.8 Å². The number of ether oxygens (including phenoxy) is 1. The molecule has 1 aliphatic rings. The van der Waals surface area contributed by atoms with Crippen molar-refractivity contribution in [3.05, 3.63) is 52.2 Å². The van der Waals surface area contributed by atoms with E-state index in [0.717, 1.165) is 16.2 Å². The first-order chi connectivity index (χ1) is 9.78. The molecule has 1 N–H and O–H groups in total. The Morgan fingerprint density at radius 2 is 2.05 bits per heavy atom. The first-order valence-corrected chi connectivity index (χ1v) is 7.64. The van der Waals surface area contributed by atoms with E-state index >= 15 is 0 Å². The summed E-state index contributed by atoms with van der Waals surface area (Å²) in [7, 11) is 1.66. The summed E-state index contributed by atoms with van der Waals surface area (Å²) in [4.78, 5) is 13.0. The predicted octanol–water partition coefficient (Wildman–Crippen LogP) is 3.64. The Kier molecular flexibility index (Phi) is 3.74. The van der Waals surface area contributed by atoms with Crippen molar-refractivity contribution < 1.29 is 9.53 Å². The standard InChI is InChI=1S/C16H17NO2S/c1-19-13-8-6-12(7-9-13)15(11-4-5-11)17-16(18)14-3-2-10-20-14/h2-3,6-11,15H,4-5H2,1H3,(H,17,18). The van der Waals surface area contributed by atoms with Gasteiger partial charge in [-0.3, -0.25) is 4.79 Å². The number of rotatable bonds is 5. The van der Waals surface area contributed by atoms with E-state index in [1.54, 1.807) is 7.11 Å². The van der Waals surface area contributed by atoms with Gasteiger partial charge >= 0.3 is 0 Å². The number of thiophene rings is 1. The maximum atomic E-state index is 12.2. The molecule has 0 spiro atoms. The molecular weight excluding hydrogens is 270 g/mol. The minimum Gasteiger partial charge on any atom is -0.497 e. The number of benzene rings is 1. The van der Waals surface area contributed by atoms with Crippen molar-refractivity contribution in [2.75, 3.05) is 7.11 Å². The van der Waals surface area contributed by atoms with E-state index in [1.165, 1.54) is 24.2 Å². The number of amides is 1. The largest absolute Gasteiger partial charge is 0.497 e. The van der Waals surface area contributed by atoms with Gasteiger partial charge in [-0.1, -0.05) is 18.2 Å². The molecule has 1 saturated carbocycles. The zero-order valence-electron chi connectivity index (χ0n) is 11.3. The van der Waals surface area contributed by atoms with Crippen LogP contribution in [0, 0.1) is 5.92 Å². The molecule has 0 saturated heterocycles. The van der Waals surface area contributed by atoms with Gasteiger partial charge in [0.15, 0.2) is 0 Å². The molecule has 20 heavy (non-hydrogen) atoms. The fourth-order valence-corrected chi connectivity index (χ4v) is 2.96. The first-order valence-electron chi connectivity index (χ1n) is 6.76. The minimum atomic E-state index is 0.0210. The molecular formula is C16H17NO2S. The molecule has 2 aromatic rings. The van der Waals surface area contributed by atoms with Gasteiger partial charge in [0.1, 0.15) is 5.75 Å². The Bertz CT molecular complexity index is 573. The predicted molar refractivity (Wildman–Crippen MR) is 80.2 cm³/mol. The van der Waals surface area contributed by atoms with Crippen LogP contribution in [0.2, 0.25) is 0 Å². The summed E-state index contributed by atoms with van der Waals surface area (Å²) < 4.78 is 5.18. The van der Waals surface area contributed by atoms with Gasteiger partial charge in [-0.05, 0) is 47.9 Å². The smallest absolute Gasteiger partial charge is 0.261 e. The van der Waals surface area contributed by atoms with E-state index in [-0.39, 0.29) is 11.9 Å². The van der Waals surface area contributed by atoms with E-state index in [0.29, 0.717) is 5.92 Å². The van der Waals surface area contributed by atoms with Gasteiger partial charge in [-0.15, -0.1) is 11.3 Å². The molecule has 0 radical (unpaired) electrons. The zero-order valence-corrected chi connectivity index (χ0v) is 12.2. The molecule has 104 valence electrons. The molecule has 4 heteroatoms. The lowest BCUT2D eigenvalue weighted by atomic mass is 10.0. The third kappa shape index (κ3) is 2.85. The number of hydrogen-bond donors (Lipinski definition) is 1. The number of hydrogen-bond acceptors (Lipinski definition) is 3. The van der Waals surface area contributed by atoms with Crippen LogP contribution in [-0.4, -0.2) is 13.0 Å². The summed E-state index contributed by atoms with van der Waals surface area (Å²) in [6.07, 6.45) is 2.36. The Morgan fingerprint density at radius 1 is 1.30 bits per heavy atom. The molecule has 1 unspecified atom stereocenters. The summed E-state index contributed by atoms with van der Waals surface area (Å²) in [5, 5.41) is 5.09. The van der Waals surface area contributed by atoms with Gasteiger partial charge in [0.25, 0.3) is 5.91 Å². The van der Waals surface area contributed by atoms with Crippen LogP contribution in [0.15, 0.2) is 41.8 Å². The summed E-state index contributed by atoms with van der Waals surface area (Å²) in [6.45, 7) is 0.